The third-order valence-corrected chi connectivity index (χ3v) is 29.6. The molecule has 1 aliphatic heterocycles. The smallest absolute Gasteiger partial charge is 0.221 e. The Hall–Kier alpha value is -1.24. The molecule has 1 rings (SSSR count). The van der Waals surface area contributed by atoms with Gasteiger partial charge >= 0.3 is 0 Å². The van der Waals surface area contributed by atoms with Crippen molar-refractivity contribution >= 4 is 30.9 Å². The summed E-state index contributed by atoms with van der Waals surface area (Å²) in [5.74, 6) is -0.576. The predicted octanol–water partition coefficient (Wildman–Crippen LogP) is 14.1. The Kier molecular flexibility index (Phi) is 25.9. The first-order valence-electron chi connectivity index (χ1n) is 25.7. The summed E-state index contributed by atoms with van der Waals surface area (Å²) in [6, 6.07) is 0. The van der Waals surface area contributed by atoms with Gasteiger partial charge in [0.15, 0.2) is 31.2 Å². The molecule has 1 fully saturated rings. The maximum absolute atomic E-state index is 13.1. The Morgan fingerprint density at radius 1 is 0.706 bits per heavy atom. The van der Waals surface area contributed by atoms with E-state index < -0.39 is 37.2 Å². The standard InChI is InChI=1S/C55H107NO9Si3/c1-27-28-29-38(3)47(51(56)57)43(8)49(63-66(21,22)53(10,11)12)41(6)33-37(2)32-40(5)48(61-36-59-20)39(4)30-31-45(60-35-58-19)34-46-42(7)50(64-67(23,24)54(13,14)15)44(9)52(62-46)65-68(25,26)55(16,17)18/h27-32,38-50,52H,1,33-36H2,2-26H3,(H2,56,57)/b29-28-,31-30-,37-32-/t38-,39-,40-,41-,42-,43+,44+,45+,46-,47-,48-,49+,50-,52-/m0/s1. The summed E-state index contributed by atoms with van der Waals surface area (Å²) in [5.41, 5.74) is 7.39. The highest BCUT2D eigenvalue weighted by atomic mass is 28.4. The molecule has 0 aliphatic carbocycles. The number of methoxy groups -OCH3 is 2. The van der Waals surface area contributed by atoms with Crippen LogP contribution in [0.3, 0.4) is 0 Å². The first kappa shape index (κ1) is 64.8. The van der Waals surface area contributed by atoms with Crippen LogP contribution < -0.4 is 5.73 Å². The molecule has 0 aromatic rings. The number of amides is 1. The van der Waals surface area contributed by atoms with Gasteiger partial charge in [0, 0.05) is 50.2 Å². The van der Waals surface area contributed by atoms with E-state index in [2.05, 4.69) is 182 Å². The van der Waals surface area contributed by atoms with Gasteiger partial charge in [0.1, 0.15) is 13.6 Å². The van der Waals surface area contributed by atoms with Crippen molar-refractivity contribution in [2.24, 2.45) is 53.1 Å². The largest absolute Gasteiger partial charge is 0.413 e. The molecule has 0 bridgehead atoms. The second-order valence-corrected chi connectivity index (χ2v) is 39.5. The maximum atomic E-state index is 13.1. The molecule has 0 unspecified atom stereocenters. The number of allylic oxidation sites excluding steroid dienone is 4. The van der Waals surface area contributed by atoms with Crippen LogP contribution in [-0.4, -0.2) is 95.5 Å². The van der Waals surface area contributed by atoms with E-state index in [1.165, 1.54) is 5.57 Å². The number of ether oxygens (including phenoxy) is 5. The number of primary amides is 1. The fourth-order valence-electron chi connectivity index (χ4n) is 8.86. The number of nitrogens with two attached hydrogens (primary N) is 1. The topological polar surface area (TPSA) is 117 Å². The average molecular weight is 1010 g/mol. The molecular formula is C55H107NO9Si3. The molecule has 0 aromatic carbocycles. The van der Waals surface area contributed by atoms with Crippen molar-refractivity contribution in [2.45, 2.75) is 222 Å². The molecule has 1 amide bonds. The van der Waals surface area contributed by atoms with E-state index >= 15 is 0 Å². The zero-order valence-corrected chi connectivity index (χ0v) is 51.3. The summed E-state index contributed by atoms with van der Waals surface area (Å²) in [6.07, 6.45) is 12.5. The molecule has 13 heteroatoms. The number of hydrogen-bond acceptors (Lipinski definition) is 9. The van der Waals surface area contributed by atoms with E-state index in [-0.39, 0.29) is 107 Å². The molecule has 10 nitrogen and oxygen atoms in total. The minimum Gasteiger partial charge on any atom is -0.413 e. The molecule has 14 atom stereocenters. The Bertz CT molecular complexity index is 1610. The second-order valence-electron chi connectivity index (χ2n) is 25.3. The van der Waals surface area contributed by atoms with Gasteiger partial charge < -0.3 is 42.7 Å². The highest BCUT2D eigenvalue weighted by Crippen LogP contribution is 2.46. The van der Waals surface area contributed by atoms with Gasteiger partial charge in [-0.15, -0.1) is 0 Å². The first-order chi connectivity index (χ1) is 30.9. The van der Waals surface area contributed by atoms with Gasteiger partial charge in [-0.1, -0.05) is 159 Å². The molecule has 398 valence electrons. The maximum Gasteiger partial charge on any atom is 0.221 e. The van der Waals surface area contributed by atoms with Crippen LogP contribution in [0.5, 0.6) is 0 Å². The van der Waals surface area contributed by atoms with Crippen molar-refractivity contribution < 1.29 is 41.8 Å². The monoisotopic (exact) mass is 1010 g/mol. The van der Waals surface area contributed by atoms with Crippen LogP contribution in [0.1, 0.15) is 131 Å². The van der Waals surface area contributed by atoms with Crippen molar-refractivity contribution in [2.75, 3.05) is 27.8 Å². The zero-order chi connectivity index (χ0) is 53.0. The van der Waals surface area contributed by atoms with Crippen LogP contribution in [0.4, 0.5) is 0 Å². The Morgan fingerprint density at radius 2 is 1.22 bits per heavy atom. The highest BCUT2D eigenvalue weighted by molar-refractivity contribution is 6.75. The number of carbonyl (C=O) groups excluding carboxylic acids is 1. The van der Waals surface area contributed by atoms with Crippen molar-refractivity contribution in [3.63, 3.8) is 0 Å². The van der Waals surface area contributed by atoms with E-state index in [9.17, 15) is 4.79 Å². The normalized spacial score (nSPS) is 24.9. The minimum absolute atomic E-state index is 0.000410. The second kappa shape index (κ2) is 27.2. The molecule has 68 heavy (non-hydrogen) atoms. The molecule has 0 saturated carbocycles. The van der Waals surface area contributed by atoms with Gasteiger partial charge in [-0.25, -0.2) is 0 Å². The van der Waals surface area contributed by atoms with Gasteiger partial charge in [-0.3, -0.25) is 4.79 Å². The van der Waals surface area contributed by atoms with Crippen LogP contribution in [0.2, 0.25) is 54.4 Å². The average Bonchev–Trinajstić information content (AvgIpc) is 3.18. The summed E-state index contributed by atoms with van der Waals surface area (Å²) < 4.78 is 52.5. The van der Waals surface area contributed by atoms with E-state index in [0.29, 0.717) is 6.42 Å². The van der Waals surface area contributed by atoms with Crippen LogP contribution in [0, 0.1) is 47.3 Å². The predicted molar refractivity (Wildman–Crippen MR) is 293 cm³/mol. The Morgan fingerprint density at radius 3 is 1.71 bits per heavy atom. The quantitative estimate of drug-likeness (QED) is 0.0354. The molecule has 1 aliphatic rings. The molecule has 0 aromatic heterocycles. The lowest BCUT2D eigenvalue weighted by Crippen LogP contribution is -2.58. The lowest BCUT2D eigenvalue weighted by atomic mass is 9.75. The summed E-state index contributed by atoms with van der Waals surface area (Å²) in [6.45, 7) is 56.1. The molecule has 1 saturated heterocycles. The van der Waals surface area contributed by atoms with E-state index in [0.717, 1.165) is 6.42 Å². The Balaban J connectivity index is 3.62. The third kappa shape index (κ3) is 19.0. The number of carbonyl (C=O) groups is 1. The van der Waals surface area contributed by atoms with E-state index in [1.807, 2.05) is 12.2 Å². The summed E-state index contributed by atoms with van der Waals surface area (Å²) >= 11 is 0. The lowest BCUT2D eigenvalue weighted by Gasteiger charge is -2.51. The van der Waals surface area contributed by atoms with Crippen LogP contribution in [-0.2, 0) is 41.8 Å². The van der Waals surface area contributed by atoms with E-state index in [1.54, 1.807) is 20.3 Å². The van der Waals surface area contributed by atoms with Gasteiger partial charge in [0.25, 0.3) is 0 Å². The van der Waals surface area contributed by atoms with Crippen molar-refractivity contribution in [1.29, 1.82) is 0 Å². The van der Waals surface area contributed by atoms with E-state index in [4.69, 9.17) is 42.7 Å². The lowest BCUT2D eigenvalue weighted by molar-refractivity contribution is -0.237. The zero-order valence-electron chi connectivity index (χ0n) is 48.3. The SMILES string of the molecule is C=C/C=C\[C@H](C)[C@H](C(N)=O)[C@@H](C)[C@H](O[Si](C)(C)C(C)(C)C)[C@@H](C)C/C(C)=C\[C@H](C)[C@@H](OCOC)[C@@H](C)/C=C\[C@H](C[C@@H]1O[C@@H](O[Si](C)(C)C(C)(C)C)[C@H](C)[C@@H](O[Si](C)(C)C(C)(C)C)[C@H]1C)OCOC. The fraction of sp³-hybridized carbons (Fsp3) is 0.836. The van der Waals surface area contributed by atoms with Crippen molar-refractivity contribution in [1.82, 2.24) is 0 Å². The van der Waals surface area contributed by atoms with Gasteiger partial charge in [-0.2, -0.15) is 0 Å². The molecular weight excluding hydrogens is 903 g/mol. The summed E-state index contributed by atoms with van der Waals surface area (Å²) in [7, 11) is -3.26. The third-order valence-electron chi connectivity index (χ3n) is 16.2. The first-order valence-corrected chi connectivity index (χ1v) is 34.5. The van der Waals surface area contributed by atoms with Crippen molar-refractivity contribution in [3.05, 3.63) is 48.6 Å². The van der Waals surface area contributed by atoms with Crippen LogP contribution >= 0.6 is 0 Å². The van der Waals surface area contributed by atoms with Crippen LogP contribution in [0.15, 0.2) is 48.6 Å². The van der Waals surface area contributed by atoms with Gasteiger partial charge in [-0.05, 0) is 85.5 Å². The molecule has 2 N–H and O–H groups in total. The van der Waals surface area contributed by atoms with Gasteiger partial charge in [0.2, 0.25) is 5.91 Å². The summed E-state index contributed by atoms with van der Waals surface area (Å²) in [5, 5.41) is 0.0736. The summed E-state index contributed by atoms with van der Waals surface area (Å²) in [4.78, 5) is 13.1. The number of hydrogen-bond donors (Lipinski definition) is 1. The highest BCUT2D eigenvalue weighted by Gasteiger charge is 2.51. The molecule has 0 spiro atoms. The minimum atomic E-state index is -2.24. The molecule has 1 heterocycles. The van der Waals surface area contributed by atoms with Gasteiger partial charge in [0.05, 0.1) is 30.5 Å². The molecule has 0 radical (unpaired) electrons. The van der Waals surface area contributed by atoms with Crippen LogP contribution in [0.25, 0.3) is 0 Å². The Labute approximate surface area is 422 Å². The fourth-order valence-corrected chi connectivity index (χ4v) is 13.0. The van der Waals surface area contributed by atoms with Crippen molar-refractivity contribution in [3.8, 4) is 0 Å². The number of rotatable bonds is 28.